The van der Waals surface area contributed by atoms with E-state index in [1.54, 1.807) is 12.1 Å². The summed E-state index contributed by atoms with van der Waals surface area (Å²) in [6, 6.07) is 6.37. The van der Waals surface area contributed by atoms with Gasteiger partial charge in [0, 0.05) is 19.0 Å². The van der Waals surface area contributed by atoms with E-state index in [1.807, 2.05) is 6.92 Å². The molecule has 3 N–H and O–H groups in total. The molecule has 0 radical (unpaired) electrons. The highest BCUT2D eigenvalue weighted by Gasteiger charge is 2.16. The van der Waals surface area contributed by atoms with Crippen molar-refractivity contribution in [2.24, 2.45) is 0 Å². The predicted molar refractivity (Wildman–Crippen MR) is 89.1 cm³/mol. The van der Waals surface area contributed by atoms with Gasteiger partial charge >= 0.3 is 0 Å². The van der Waals surface area contributed by atoms with Gasteiger partial charge in [0.15, 0.2) is 9.84 Å². The zero-order chi connectivity index (χ0) is 17.2. The van der Waals surface area contributed by atoms with E-state index >= 15 is 0 Å². The van der Waals surface area contributed by atoms with Crippen molar-refractivity contribution >= 4 is 33.2 Å². The third-order valence-electron chi connectivity index (χ3n) is 3.18. The summed E-state index contributed by atoms with van der Waals surface area (Å²) in [6.07, 6.45) is 2.47. The molecule has 23 heavy (non-hydrogen) atoms. The van der Waals surface area contributed by atoms with Crippen molar-refractivity contribution in [1.82, 2.24) is 10.3 Å². The van der Waals surface area contributed by atoms with Crippen LogP contribution in [0.4, 0.5) is 5.82 Å². The maximum Gasteiger partial charge on any atom is 0.255 e. The monoisotopic (exact) mass is 353 g/mol. The molecule has 0 aliphatic carbocycles. The molecular formula is C15H16ClN3O3S. The second-order valence-electron chi connectivity index (χ2n) is 5.15. The zero-order valence-corrected chi connectivity index (χ0v) is 14.2. The molecule has 0 fully saturated rings. The quantitative estimate of drug-likeness (QED) is 0.874. The Morgan fingerprint density at radius 1 is 1.35 bits per heavy atom. The lowest BCUT2D eigenvalue weighted by molar-refractivity contribution is 0.0951. The van der Waals surface area contributed by atoms with Crippen LogP contribution < -0.4 is 11.1 Å². The molecule has 2 aromatic rings. The fourth-order valence-corrected chi connectivity index (χ4v) is 3.19. The molecule has 122 valence electrons. The van der Waals surface area contributed by atoms with Crippen LogP contribution in [0.1, 0.15) is 21.5 Å². The number of nitrogens with one attached hydrogen (secondary N) is 1. The van der Waals surface area contributed by atoms with Crippen molar-refractivity contribution in [3.05, 3.63) is 52.2 Å². The fraction of sp³-hybridized carbons (Fsp3) is 0.200. The van der Waals surface area contributed by atoms with Gasteiger partial charge in [-0.3, -0.25) is 4.79 Å². The highest BCUT2D eigenvalue weighted by molar-refractivity contribution is 7.90. The normalized spacial score (nSPS) is 11.3. The largest absolute Gasteiger partial charge is 0.383 e. The van der Waals surface area contributed by atoms with Gasteiger partial charge in [-0.05, 0) is 24.6 Å². The molecule has 8 heteroatoms. The highest BCUT2D eigenvalue weighted by Crippen LogP contribution is 2.18. The molecule has 2 rings (SSSR count). The predicted octanol–water partition coefficient (Wildman–Crippen LogP) is 1.96. The Morgan fingerprint density at radius 2 is 2.04 bits per heavy atom. The van der Waals surface area contributed by atoms with Crippen molar-refractivity contribution in [3.63, 3.8) is 0 Å². The van der Waals surface area contributed by atoms with Crippen molar-refractivity contribution in [2.45, 2.75) is 18.4 Å². The third-order valence-corrected chi connectivity index (χ3v) is 4.59. The van der Waals surface area contributed by atoms with Gasteiger partial charge in [-0.15, -0.1) is 0 Å². The molecule has 0 bridgehead atoms. The molecule has 0 saturated heterocycles. The summed E-state index contributed by atoms with van der Waals surface area (Å²) in [5.74, 6) is -0.419. The highest BCUT2D eigenvalue weighted by atomic mass is 35.5. The van der Waals surface area contributed by atoms with Gasteiger partial charge in [0.2, 0.25) is 0 Å². The second-order valence-corrected chi connectivity index (χ2v) is 7.57. The number of carbonyl (C=O) groups excluding carboxylic acids is 1. The van der Waals surface area contributed by atoms with E-state index < -0.39 is 15.7 Å². The topological polar surface area (TPSA) is 102 Å². The number of hydrogen-bond acceptors (Lipinski definition) is 5. The first-order chi connectivity index (χ1) is 10.7. The Morgan fingerprint density at radius 3 is 2.70 bits per heavy atom. The molecule has 0 unspecified atom stereocenters. The van der Waals surface area contributed by atoms with Gasteiger partial charge in [0.1, 0.15) is 5.82 Å². The van der Waals surface area contributed by atoms with Gasteiger partial charge < -0.3 is 11.1 Å². The van der Waals surface area contributed by atoms with E-state index in [9.17, 15) is 13.2 Å². The van der Waals surface area contributed by atoms with E-state index in [1.165, 1.54) is 18.3 Å². The van der Waals surface area contributed by atoms with E-state index in [0.717, 1.165) is 11.8 Å². The minimum atomic E-state index is -3.39. The summed E-state index contributed by atoms with van der Waals surface area (Å²) >= 11 is 5.81. The average molecular weight is 354 g/mol. The van der Waals surface area contributed by atoms with E-state index in [-0.39, 0.29) is 27.8 Å². The van der Waals surface area contributed by atoms with E-state index in [0.29, 0.717) is 5.56 Å². The number of carbonyl (C=O) groups is 1. The second kappa shape index (κ2) is 6.55. The summed E-state index contributed by atoms with van der Waals surface area (Å²) in [5.41, 5.74) is 7.20. The molecule has 0 atom stereocenters. The van der Waals surface area contributed by atoms with Crippen molar-refractivity contribution in [2.75, 3.05) is 12.0 Å². The van der Waals surface area contributed by atoms with E-state index in [4.69, 9.17) is 17.3 Å². The summed E-state index contributed by atoms with van der Waals surface area (Å²) < 4.78 is 23.6. The Labute approximate surface area is 139 Å². The molecule has 1 amide bonds. The molecule has 0 aliphatic heterocycles. The number of aryl methyl sites for hydroxylation is 1. The van der Waals surface area contributed by atoms with Gasteiger partial charge in [-0.2, -0.15) is 0 Å². The lowest BCUT2D eigenvalue weighted by atomic mass is 10.1. The molecule has 0 aliphatic rings. The fourth-order valence-electron chi connectivity index (χ4n) is 2.11. The number of halogens is 1. The maximum atomic E-state index is 12.2. The van der Waals surface area contributed by atoms with Gasteiger partial charge in [0.05, 0.1) is 15.5 Å². The van der Waals surface area contributed by atoms with Crippen LogP contribution in [-0.2, 0) is 16.4 Å². The van der Waals surface area contributed by atoms with Crippen LogP contribution in [0.5, 0.6) is 0 Å². The van der Waals surface area contributed by atoms with Gasteiger partial charge in [0.25, 0.3) is 5.91 Å². The first kappa shape index (κ1) is 17.2. The summed E-state index contributed by atoms with van der Waals surface area (Å²) in [5, 5.41) is 2.93. The first-order valence-electron chi connectivity index (χ1n) is 6.67. The van der Waals surface area contributed by atoms with Crippen molar-refractivity contribution in [3.8, 4) is 0 Å². The minimum absolute atomic E-state index is 0.0505. The number of nitrogens with zero attached hydrogens (tertiary/aromatic N) is 1. The van der Waals surface area contributed by atoms with Gasteiger partial charge in [-0.25, -0.2) is 13.4 Å². The molecule has 6 nitrogen and oxygen atoms in total. The van der Waals surface area contributed by atoms with Crippen LogP contribution in [0.25, 0.3) is 0 Å². The number of rotatable bonds is 4. The molecule has 1 heterocycles. The van der Waals surface area contributed by atoms with Crippen LogP contribution in [-0.4, -0.2) is 25.6 Å². The number of benzene rings is 1. The number of pyridine rings is 1. The number of hydrogen-bond donors (Lipinski definition) is 2. The Balaban J connectivity index is 2.26. The summed E-state index contributed by atoms with van der Waals surface area (Å²) in [7, 11) is -3.39. The Hall–Kier alpha value is -2.12. The third kappa shape index (κ3) is 4.20. The summed E-state index contributed by atoms with van der Waals surface area (Å²) in [4.78, 5) is 16.2. The number of aromatic nitrogens is 1. The first-order valence-corrected chi connectivity index (χ1v) is 8.94. The Bertz CT molecular complexity index is 866. The molecule has 1 aromatic carbocycles. The van der Waals surface area contributed by atoms with Gasteiger partial charge in [-0.1, -0.05) is 29.3 Å². The van der Waals surface area contributed by atoms with Crippen LogP contribution in [0.15, 0.2) is 35.4 Å². The van der Waals surface area contributed by atoms with E-state index in [2.05, 4.69) is 10.3 Å². The standard InChI is InChI=1S/C15H16ClN3O3S/c1-9-3-4-13(23(2,21)22)10(5-9)7-19-15(20)12-6-11(16)8-18-14(12)17/h3-6,8H,7H2,1-2H3,(H2,17,18)(H,19,20). The number of nitrogens with two attached hydrogens (primary N) is 1. The Kier molecular flexibility index (Phi) is 4.91. The maximum absolute atomic E-state index is 12.2. The number of amides is 1. The van der Waals surface area contributed by atoms with Crippen LogP contribution in [0, 0.1) is 6.92 Å². The number of anilines is 1. The minimum Gasteiger partial charge on any atom is -0.383 e. The zero-order valence-electron chi connectivity index (χ0n) is 12.6. The lowest BCUT2D eigenvalue weighted by Crippen LogP contribution is -2.25. The smallest absolute Gasteiger partial charge is 0.255 e. The number of sulfone groups is 1. The van der Waals surface area contributed by atoms with Crippen molar-refractivity contribution < 1.29 is 13.2 Å². The van der Waals surface area contributed by atoms with Crippen LogP contribution in [0.2, 0.25) is 5.02 Å². The molecule has 0 saturated carbocycles. The molecule has 0 spiro atoms. The number of nitrogen functional groups attached to an aromatic ring is 1. The molecular weight excluding hydrogens is 338 g/mol. The summed E-state index contributed by atoms with van der Waals surface area (Å²) in [6.45, 7) is 1.89. The average Bonchev–Trinajstić information content (AvgIpc) is 2.46. The van der Waals surface area contributed by atoms with Crippen LogP contribution >= 0.6 is 11.6 Å². The van der Waals surface area contributed by atoms with Crippen molar-refractivity contribution in [1.29, 1.82) is 0 Å². The lowest BCUT2D eigenvalue weighted by Gasteiger charge is -2.11. The van der Waals surface area contributed by atoms with Crippen LogP contribution in [0.3, 0.4) is 0 Å². The SMILES string of the molecule is Cc1ccc(S(C)(=O)=O)c(CNC(=O)c2cc(Cl)cnc2N)c1. The molecule has 1 aromatic heterocycles.